The summed E-state index contributed by atoms with van der Waals surface area (Å²) in [6.45, 7) is 0. The van der Waals surface area contributed by atoms with E-state index in [1.807, 2.05) is 28.9 Å². The number of nitrogens with zero attached hydrogens (tertiary/aromatic N) is 3. The molecule has 112 valence electrons. The lowest BCUT2D eigenvalue weighted by Crippen LogP contribution is -2.28. The second-order valence-electron chi connectivity index (χ2n) is 5.16. The van der Waals surface area contributed by atoms with Gasteiger partial charge in [0.25, 0.3) is 0 Å². The van der Waals surface area contributed by atoms with Crippen molar-refractivity contribution >= 4 is 29.2 Å². The Morgan fingerprint density at radius 1 is 1.27 bits per heavy atom. The van der Waals surface area contributed by atoms with Gasteiger partial charge in [0.15, 0.2) is 0 Å². The maximum Gasteiger partial charge on any atom is 0.222 e. The largest absolute Gasteiger partial charge is 0.467 e. The third-order valence-electron chi connectivity index (χ3n) is 3.84. The molecule has 1 N–H and O–H groups in total. The number of hydrogen-bond donors (Lipinski definition) is 1. The Morgan fingerprint density at radius 3 is 2.95 bits per heavy atom. The number of aromatic nitrogens is 3. The molecule has 4 rings (SSSR count). The minimum Gasteiger partial charge on any atom is -0.467 e. The zero-order valence-corrected chi connectivity index (χ0v) is 12.9. The van der Waals surface area contributed by atoms with Crippen molar-refractivity contribution in [3.05, 3.63) is 64.3 Å². The van der Waals surface area contributed by atoms with Crippen LogP contribution in [0.4, 0.5) is 5.95 Å². The molecule has 3 heterocycles. The van der Waals surface area contributed by atoms with Crippen LogP contribution in [0.2, 0.25) is 10.0 Å². The van der Waals surface area contributed by atoms with Crippen molar-refractivity contribution in [1.29, 1.82) is 0 Å². The van der Waals surface area contributed by atoms with Gasteiger partial charge in [-0.2, -0.15) is 10.1 Å². The Kier molecular flexibility index (Phi) is 3.32. The summed E-state index contributed by atoms with van der Waals surface area (Å²) in [6.07, 6.45) is 3.95. The van der Waals surface area contributed by atoms with Crippen LogP contribution in [0.5, 0.6) is 0 Å². The third-order valence-corrected chi connectivity index (χ3v) is 4.40. The van der Waals surface area contributed by atoms with Gasteiger partial charge in [-0.15, -0.1) is 0 Å². The van der Waals surface area contributed by atoms with E-state index in [0.717, 1.165) is 17.7 Å². The van der Waals surface area contributed by atoms with Crippen molar-refractivity contribution in [3.63, 3.8) is 0 Å². The van der Waals surface area contributed by atoms with E-state index in [2.05, 4.69) is 15.4 Å². The lowest BCUT2D eigenvalue weighted by Gasteiger charge is -2.30. The van der Waals surface area contributed by atoms with E-state index < -0.39 is 0 Å². The third kappa shape index (κ3) is 2.26. The lowest BCUT2D eigenvalue weighted by molar-refractivity contribution is 0.358. The van der Waals surface area contributed by atoms with Crippen molar-refractivity contribution in [2.24, 2.45) is 0 Å². The van der Waals surface area contributed by atoms with E-state index in [9.17, 15) is 0 Å². The van der Waals surface area contributed by atoms with Gasteiger partial charge < -0.3 is 9.73 Å². The van der Waals surface area contributed by atoms with Crippen LogP contribution in [-0.2, 0) is 0 Å². The number of rotatable bonds is 2. The number of fused-ring (bicyclic) bond motifs is 1. The first kappa shape index (κ1) is 13.7. The molecule has 1 aromatic carbocycles. The number of anilines is 1. The molecule has 0 fully saturated rings. The highest BCUT2D eigenvalue weighted by molar-refractivity contribution is 6.35. The van der Waals surface area contributed by atoms with Crippen LogP contribution in [0.1, 0.15) is 29.8 Å². The molecule has 2 aromatic heterocycles. The second-order valence-corrected chi connectivity index (χ2v) is 6.00. The molecule has 1 aliphatic rings. The van der Waals surface area contributed by atoms with Crippen molar-refractivity contribution in [3.8, 4) is 0 Å². The fourth-order valence-electron chi connectivity index (χ4n) is 2.83. The molecule has 0 aliphatic carbocycles. The van der Waals surface area contributed by atoms with Crippen LogP contribution < -0.4 is 5.32 Å². The van der Waals surface area contributed by atoms with Crippen LogP contribution in [0.25, 0.3) is 0 Å². The van der Waals surface area contributed by atoms with E-state index in [-0.39, 0.29) is 12.1 Å². The van der Waals surface area contributed by atoms with Crippen molar-refractivity contribution in [1.82, 2.24) is 14.8 Å². The van der Waals surface area contributed by atoms with Gasteiger partial charge in [-0.25, -0.2) is 4.68 Å². The normalized spacial score (nSPS) is 20.5. The van der Waals surface area contributed by atoms with Crippen LogP contribution in [0.3, 0.4) is 0 Å². The fraction of sp³-hybridized carbons (Fsp3) is 0.200. The smallest absolute Gasteiger partial charge is 0.222 e. The molecule has 5 nitrogen and oxygen atoms in total. The van der Waals surface area contributed by atoms with Gasteiger partial charge in [-0.3, -0.25) is 0 Å². The number of benzene rings is 1. The molecule has 0 bridgehead atoms. The first-order chi connectivity index (χ1) is 10.7. The van der Waals surface area contributed by atoms with Crippen molar-refractivity contribution < 1.29 is 4.42 Å². The maximum absolute atomic E-state index is 6.35. The van der Waals surface area contributed by atoms with Gasteiger partial charge in [0, 0.05) is 16.5 Å². The molecule has 1 aliphatic heterocycles. The van der Waals surface area contributed by atoms with E-state index in [0.29, 0.717) is 16.0 Å². The van der Waals surface area contributed by atoms with Gasteiger partial charge in [0.1, 0.15) is 18.1 Å². The number of hydrogen-bond acceptors (Lipinski definition) is 4. The van der Waals surface area contributed by atoms with Crippen molar-refractivity contribution in [2.45, 2.75) is 18.5 Å². The molecule has 0 spiro atoms. The average molecular weight is 335 g/mol. The van der Waals surface area contributed by atoms with Gasteiger partial charge in [0.2, 0.25) is 5.95 Å². The minimum absolute atomic E-state index is 0.0107. The van der Waals surface area contributed by atoms with Gasteiger partial charge in [-0.05, 0) is 29.8 Å². The summed E-state index contributed by atoms with van der Waals surface area (Å²) < 4.78 is 7.39. The van der Waals surface area contributed by atoms with E-state index in [4.69, 9.17) is 27.6 Å². The highest BCUT2D eigenvalue weighted by Crippen LogP contribution is 2.39. The Balaban J connectivity index is 1.75. The predicted octanol–water partition coefficient (Wildman–Crippen LogP) is 4.32. The Hall–Kier alpha value is -1.98. The van der Waals surface area contributed by atoms with Crippen LogP contribution in [-0.4, -0.2) is 14.8 Å². The summed E-state index contributed by atoms with van der Waals surface area (Å²) in [6, 6.07) is 9.34. The summed E-state index contributed by atoms with van der Waals surface area (Å²) >= 11 is 12.3. The summed E-state index contributed by atoms with van der Waals surface area (Å²) in [5.74, 6) is 1.55. The SMILES string of the molecule is Clc1ccc([C@H]2C[C@H](c3ccco3)n3ncnc3N2)c(Cl)c1. The first-order valence-electron chi connectivity index (χ1n) is 6.87. The quantitative estimate of drug-likeness (QED) is 0.758. The Bertz CT molecular complexity index is 800. The maximum atomic E-state index is 6.35. The molecular formula is C15H12Cl2N4O. The number of halogens is 2. The zero-order valence-electron chi connectivity index (χ0n) is 11.4. The summed E-state index contributed by atoms with van der Waals surface area (Å²) in [7, 11) is 0. The molecule has 2 atom stereocenters. The summed E-state index contributed by atoms with van der Waals surface area (Å²) in [5.41, 5.74) is 0.983. The highest BCUT2D eigenvalue weighted by atomic mass is 35.5. The van der Waals surface area contributed by atoms with Crippen molar-refractivity contribution in [2.75, 3.05) is 5.32 Å². The molecule has 0 radical (unpaired) electrons. The van der Waals surface area contributed by atoms with Gasteiger partial charge >= 0.3 is 0 Å². The first-order valence-corrected chi connectivity index (χ1v) is 7.62. The standard InChI is InChI=1S/C15H12Cl2N4O/c16-9-3-4-10(11(17)6-9)12-7-13(14-2-1-5-22-14)21-15(20-12)18-8-19-21/h1-6,8,12-13H,7H2,(H,18,19,20)/t12-,13-/m1/s1. The van der Waals surface area contributed by atoms with Gasteiger partial charge in [-0.1, -0.05) is 29.3 Å². The molecule has 0 amide bonds. The van der Waals surface area contributed by atoms with E-state index in [1.165, 1.54) is 6.33 Å². The predicted molar refractivity (Wildman–Crippen MR) is 84.3 cm³/mol. The Labute approximate surface area is 136 Å². The highest BCUT2D eigenvalue weighted by Gasteiger charge is 2.32. The molecule has 0 saturated heterocycles. The topological polar surface area (TPSA) is 55.9 Å². The van der Waals surface area contributed by atoms with Gasteiger partial charge in [0.05, 0.1) is 12.3 Å². The molecule has 3 aromatic rings. The second kappa shape index (κ2) is 5.34. The monoisotopic (exact) mass is 334 g/mol. The lowest BCUT2D eigenvalue weighted by atomic mass is 9.96. The molecule has 7 heteroatoms. The molecular weight excluding hydrogens is 323 g/mol. The molecule has 22 heavy (non-hydrogen) atoms. The summed E-state index contributed by atoms with van der Waals surface area (Å²) in [4.78, 5) is 4.27. The van der Waals surface area contributed by atoms with E-state index >= 15 is 0 Å². The summed E-state index contributed by atoms with van der Waals surface area (Å²) in [5, 5.41) is 8.91. The average Bonchev–Trinajstić information content (AvgIpc) is 3.17. The number of furan rings is 1. The molecule has 0 unspecified atom stereocenters. The van der Waals surface area contributed by atoms with E-state index in [1.54, 1.807) is 12.3 Å². The minimum atomic E-state index is -0.0227. The fourth-order valence-corrected chi connectivity index (χ4v) is 3.37. The van der Waals surface area contributed by atoms with Crippen LogP contribution in [0.15, 0.2) is 47.3 Å². The zero-order chi connectivity index (χ0) is 15.1. The molecule has 0 saturated carbocycles. The Morgan fingerprint density at radius 2 is 2.18 bits per heavy atom. The van der Waals surface area contributed by atoms with Crippen LogP contribution >= 0.6 is 23.2 Å². The van der Waals surface area contributed by atoms with Crippen LogP contribution in [0, 0.1) is 0 Å². The number of nitrogens with one attached hydrogen (secondary N) is 1.